The molecule has 0 spiro atoms. The van der Waals surface area contributed by atoms with Crippen molar-refractivity contribution in [3.05, 3.63) is 70.8 Å². The summed E-state index contributed by atoms with van der Waals surface area (Å²) in [5.74, 6) is -0.882. The Labute approximate surface area is 167 Å². The van der Waals surface area contributed by atoms with Crippen molar-refractivity contribution in [1.82, 2.24) is 0 Å². The molecule has 2 aromatic carbocycles. The predicted octanol–water partition coefficient (Wildman–Crippen LogP) is 3.81. The summed E-state index contributed by atoms with van der Waals surface area (Å²) >= 11 is 1.38. The largest absolute Gasteiger partial charge is 0.457 e. The molecule has 1 fully saturated rings. The number of thioether (sulfide) groups is 1. The lowest BCUT2D eigenvalue weighted by atomic mass is 9.96. The van der Waals surface area contributed by atoms with E-state index in [4.69, 9.17) is 4.74 Å². The fraction of sp³-hybridized carbons (Fsp3) is 0.227. The van der Waals surface area contributed by atoms with Crippen LogP contribution in [0.3, 0.4) is 0 Å². The number of ketones is 1. The van der Waals surface area contributed by atoms with Crippen LogP contribution < -0.4 is 4.90 Å². The maximum Gasteiger partial charge on any atom is 0.317 e. The number of ether oxygens (including phenoxy) is 1. The molecule has 1 heterocycles. The summed E-state index contributed by atoms with van der Waals surface area (Å²) in [7, 11) is 1.82. The van der Waals surface area contributed by atoms with Crippen LogP contribution in [0.25, 0.3) is 0 Å². The van der Waals surface area contributed by atoms with E-state index < -0.39 is 23.8 Å². The number of nitriles is 1. The number of rotatable bonds is 5. The molecule has 6 heteroatoms. The van der Waals surface area contributed by atoms with Gasteiger partial charge >= 0.3 is 5.97 Å². The van der Waals surface area contributed by atoms with Crippen molar-refractivity contribution in [1.29, 1.82) is 5.26 Å². The molecule has 0 unspecified atom stereocenters. The predicted molar refractivity (Wildman–Crippen MR) is 107 cm³/mol. The first-order valence-electron chi connectivity index (χ1n) is 8.98. The Morgan fingerprint density at radius 3 is 2.46 bits per heavy atom. The molecule has 0 aromatic heterocycles. The third-order valence-electron chi connectivity index (χ3n) is 5.14. The second-order valence-corrected chi connectivity index (χ2v) is 7.90. The summed E-state index contributed by atoms with van der Waals surface area (Å²) in [6.07, 6.45) is 1.42. The Hall–Kier alpha value is -3.04. The van der Waals surface area contributed by atoms with Crippen LogP contribution in [0.15, 0.2) is 70.1 Å². The lowest BCUT2D eigenvalue weighted by Crippen LogP contribution is -2.27. The summed E-state index contributed by atoms with van der Waals surface area (Å²) < 4.78 is 5.34. The van der Waals surface area contributed by atoms with Gasteiger partial charge in [-0.15, -0.1) is 0 Å². The van der Waals surface area contributed by atoms with Crippen LogP contribution in [0, 0.1) is 11.3 Å². The topological polar surface area (TPSA) is 70.4 Å². The molecule has 0 bridgehead atoms. The van der Waals surface area contributed by atoms with Crippen LogP contribution in [-0.4, -0.2) is 25.4 Å². The zero-order valence-electron chi connectivity index (χ0n) is 15.3. The van der Waals surface area contributed by atoms with E-state index in [-0.39, 0.29) is 5.57 Å². The van der Waals surface area contributed by atoms with Gasteiger partial charge in [0.2, 0.25) is 5.78 Å². The number of nitrogens with zero attached hydrogens (tertiary/aromatic N) is 2. The van der Waals surface area contributed by atoms with Crippen LogP contribution in [0.2, 0.25) is 0 Å². The van der Waals surface area contributed by atoms with Gasteiger partial charge < -0.3 is 9.64 Å². The van der Waals surface area contributed by atoms with Gasteiger partial charge in [0.15, 0.2) is 6.61 Å². The van der Waals surface area contributed by atoms with Gasteiger partial charge in [-0.2, -0.15) is 5.26 Å². The van der Waals surface area contributed by atoms with E-state index in [2.05, 4.69) is 0 Å². The highest BCUT2D eigenvalue weighted by Gasteiger charge is 2.52. The third-order valence-corrected chi connectivity index (χ3v) is 6.38. The molecular weight excluding hydrogens is 372 g/mol. The van der Waals surface area contributed by atoms with Crippen LogP contribution in [0.5, 0.6) is 0 Å². The Balaban J connectivity index is 1.48. The highest BCUT2D eigenvalue weighted by atomic mass is 32.2. The molecular formula is C22H18N2O3S. The van der Waals surface area contributed by atoms with Crippen LogP contribution in [-0.2, 0) is 19.7 Å². The number of Topliss-reactive ketones (excluding diaryl/α,β-unsaturated/α-hetero) is 1. The molecule has 0 saturated heterocycles. The fourth-order valence-electron chi connectivity index (χ4n) is 3.39. The average molecular weight is 390 g/mol. The molecule has 0 radical (unpaired) electrons. The van der Waals surface area contributed by atoms with E-state index in [0.717, 1.165) is 16.1 Å². The Bertz CT molecular complexity index is 1020. The van der Waals surface area contributed by atoms with Crippen LogP contribution in [0.4, 0.5) is 5.69 Å². The second kappa shape index (κ2) is 7.17. The van der Waals surface area contributed by atoms with Crippen molar-refractivity contribution in [2.45, 2.75) is 23.2 Å². The molecule has 1 aliphatic carbocycles. The summed E-state index contributed by atoms with van der Waals surface area (Å²) in [5.41, 5.74) is 1.23. The first-order chi connectivity index (χ1) is 13.6. The number of carbonyl (C=O) groups excluding carboxylic acids is 2. The minimum atomic E-state index is -0.642. The van der Waals surface area contributed by atoms with E-state index in [1.807, 2.05) is 72.6 Å². The van der Waals surface area contributed by atoms with Gasteiger partial charge in [-0.05, 0) is 30.5 Å². The SMILES string of the molecule is CN1/C(=C(\C#N)C(=O)COC(=O)C2(c3ccccc3)CC2)Sc2ccccc21. The normalized spacial score (nSPS) is 18.1. The quantitative estimate of drug-likeness (QED) is 0.439. The summed E-state index contributed by atoms with van der Waals surface area (Å²) in [6, 6.07) is 19.2. The minimum Gasteiger partial charge on any atom is -0.457 e. The van der Waals surface area contributed by atoms with E-state index in [0.29, 0.717) is 17.9 Å². The van der Waals surface area contributed by atoms with E-state index >= 15 is 0 Å². The van der Waals surface area contributed by atoms with Crippen molar-refractivity contribution >= 4 is 29.2 Å². The molecule has 4 rings (SSSR count). The summed E-state index contributed by atoms with van der Waals surface area (Å²) in [6.45, 7) is -0.426. The molecule has 1 saturated carbocycles. The van der Waals surface area contributed by atoms with E-state index in [1.54, 1.807) is 0 Å². The molecule has 28 heavy (non-hydrogen) atoms. The van der Waals surface area contributed by atoms with Crippen LogP contribution in [0.1, 0.15) is 18.4 Å². The Morgan fingerprint density at radius 2 is 1.82 bits per heavy atom. The second-order valence-electron chi connectivity index (χ2n) is 6.87. The highest BCUT2D eigenvalue weighted by Crippen LogP contribution is 2.49. The van der Waals surface area contributed by atoms with Gasteiger partial charge in [0.1, 0.15) is 16.7 Å². The Kier molecular flexibility index (Phi) is 4.70. The van der Waals surface area contributed by atoms with E-state index in [9.17, 15) is 14.9 Å². The summed E-state index contributed by atoms with van der Waals surface area (Å²) in [4.78, 5) is 28.1. The molecule has 0 N–H and O–H groups in total. The number of fused-ring (bicyclic) bond motifs is 1. The number of para-hydroxylation sites is 1. The first kappa shape index (κ1) is 18.3. The monoisotopic (exact) mass is 390 g/mol. The van der Waals surface area contributed by atoms with E-state index in [1.165, 1.54) is 11.8 Å². The van der Waals surface area contributed by atoms with Crippen molar-refractivity contribution in [3.63, 3.8) is 0 Å². The molecule has 2 aromatic rings. The van der Waals surface area contributed by atoms with Crippen molar-refractivity contribution in [2.75, 3.05) is 18.6 Å². The minimum absolute atomic E-state index is 0.0149. The highest BCUT2D eigenvalue weighted by molar-refractivity contribution is 8.03. The van der Waals surface area contributed by atoms with Gasteiger partial charge in [-0.1, -0.05) is 54.2 Å². The number of carbonyl (C=O) groups is 2. The third kappa shape index (κ3) is 3.08. The average Bonchev–Trinajstić information content (AvgIpc) is 3.48. The fourth-order valence-corrected chi connectivity index (χ4v) is 4.55. The molecule has 5 nitrogen and oxygen atoms in total. The van der Waals surface area contributed by atoms with Crippen molar-refractivity contribution in [2.24, 2.45) is 0 Å². The standard InChI is InChI=1S/C22H18N2O3S/c1-24-17-9-5-6-10-19(17)28-20(24)16(13-23)18(25)14-27-21(26)22(11-12-22)15-7-3-2-4-8-15/h2-10H,11-12,14H2,1H3/b20-16-. The van der Waals surface area contributed by atoms with Gasteiger partial charge in [0, 0.05) is 11.9 Å². The zero-order valence-corrected chi connectivity index (χ0v) is 16.2. The Morgan fingerprint density at radius 1 is 1.14 bits per heavy atom. The maximum absolute atomic E-state index is 12.6. The smallest absolute Gasteiger partial charge is 0.317 e. The van der Waals surface area contributed by atoms with Crippen molar-refractivity contribution in [3.8, 4) is 6.07 Å². The molecule has 1 aliphatic heterocycles. The van der Waals surface area contributed by atoms with Crippen LogP contribution >= 0.6 is 11.8 Å². The molecule has 140 valence electrons. The molecule has 0 atom stereocenters. The number of esters is 1. The molecule has 2 aliphatic rings. The van der Waals surface area contributed by atoms with Crippen molar-refractivity contribution < 1.29 is 14.3 Å². The molecule has 0 amide bonds. The number of hydrogen-bond donors (Lipinski definition) is 0. The lowest BCUT2D eigenvalue weighted by molar-refractivity contribution is -0.149. The number of benzene rings is 2. The van der Waals surface area contributed by atoms with Gasteiger partial charge in [-0.3, -0.25) is 9.59 Å². The summed E-state index contributed by atoms with van der Waals surface area (Å²) in [5, 5.41) is 10.1. The maximum atomic E-state index is 12.6. The van der Waals surface area contributed by atoms with Gasteiger partial charge in [0.25, 0.3) is 0 Å². The number of anilines is 1. The first-order valence-corrected chi connectivity index (χ1v) is 9.79. The van der Waals surface area contributed by atoms with Gasteiger partial charge in [-0.25, -0.2) is 0 Å². The van der Waals surface area contributed by atoms with Gasteiger partial charge in [0.05, 0.1) is 11.1 Å². The number of hydrogen-bond acceptors (Lipinski definition) is 6. The zero-order chi connectivity index (χ0) is 19.7. The lowest BCUT2D eigenvalue weighted by Gasteiger charge is -2.16.